The van der Waals surface area contributed by atoms with E-state index in [0.29, 0.717) is 5.76 Å². The van der Waals surface area contributed by atoms with E-state index in [2.05, 4.69) is 22.9 Å². The van der Waals surface area contributed by atoms with Crippen LogP contribution in [0, 0.1) is 0 Å². The Bertz CT molecular complexity index is 790. The highest BCUT2D eigenvalue weighted by molar-refractivity contribution is 5.91. The normalized spacial score (nSPS) is 12.4. The number of aryl methyl sites for hydroxylation is 1. The number of hydrogen-bond acceptors (Lipinski definition) is 3. The zero-order chi connectivity index (χ0) is 16.2. The molecular formula is C18H21N3O2. The summed E-state index contributed by atoms with van der Waals surface area (Å²) in [4.78, 5) is 16.9. The SMILES string of the molecule is CCCCn1c([C@H](C)NC(=O)c2ccco2)nc2ccccc21. The molecule has 3 rings (SSSR count). The molecule has 0 saturated heterocycles. The Morgan fingerprint density at radius 3 is 2.87 bits per heavy atom. The van der Waals surface area contributed by atoms with Gasteiger partial charge in [0.25, 0.3) is 5.91 Å². The van der Waals surface area contributed by atoms with Gasteiger partial charge in [-0.05, 0) is 37.6 Å². The molecule has 1 aromatic carbocycles. The summed E-state index contributed by atoms with van der Waals surface area (Å²) < 4.78 is 7.35. The Morgan fingerprint density at radius 1 is 1.30 bits per heavy atom. The van der Waals surface area contributed by atoms with Gasteiger partial charge in [0.2, 0.25) is 0 Å². The summed E-state index contributed by atoms with van der Waals surface area (Å²) in [6, 6.07) is 11.2. The molecule has 120 valence electrons. The Kier molecular flexibility index (Phi) is 4.46. The maximum Gasteiger partial charge on any atom is 0.287 e. The molecule has 1 N–H and O–H groups in total. The third kappa shape index (κ3) is 3.13. The van der Waals surface area contributed by atoms with Crippen molar-refractivity contribution in [2.24, 2.45) is 0 Å². The number of carbonyl (C=O) groups excluding carboxylic acids is 1. The van der Waals surface area contributed by atoms with Gasteiger partial charge in [-0.2, -0.15) is 0 Å². The van der Waals surface area contributed by atoms with E-state index in [1.54, 1.807) is 12.1 Å². The van der Waals surface area contributed by atoms with Gasteiger partial charge < -0.3 is 14.3 Å². The molecule has 0 bridgehead atoms. The minimum Gasteiger partial charge on any atom is -0.459 e. The number of nitrogens with zero attached hydrogens (tertiary/aromatic N) is 2. The van der Waals surface area contributed by atoms with Crippen molar-refractivity contribution < 1.29 is 9.21 Å². The van der Waals surface area contributed by atoms with E-state index in [4.69, 9.17) is 9.40 Å². The van der Waals surface area contributed by atoms with E-state index >= 15 is 0 Å². The summed E-state index contributed by atoms with van der Waals surface area (Å²) in [6.45, 7) is 5.01. The van der Waals surface area contributed by atoms with Crippen molar-refractivity contribution in [3.8, 4) is 0 Å². The van der Waals surface area contributed by atoms with Crippen LogP contribution in [0.15, 0.2) is 47.1 Å². The van der Waals surface area contributed by atoms with Crippen LogP contribution in [0.25, 0.3) is 11.0 Å². The molecule has 1 atom stereocenters. The summed E-state index contributed by atoms with van der Waals surface area (Å²) in [5.41, 5.74) is 2.06. The largest absolute Gasteiger partial charge is 0.459 e. The molecule has 23 heavy (non-hydrogen) atoms. The highest BCUT2D eigenvalue weighted by atomic mass is 16.3. The summed E-state index contributed by atoms with van der Waals surface area (Å²) in [5.74, 6) is 0.962. The van der Waals surface area contributed by atoms with Gasteiger partial charge in [0.15, 0.2) is 5.76 Å². The Labute approximate surface area is 135 Å². The van der Waals surface area contributed by atoms with Crippen molar-refractivity contribution in [3.05, 3.63) is 54.2 Å². The lowest BCUT2D eigenvalue weighted by Crippen LogP contribution is -2.28. The van der Waals surface area contributed by atoms with E-state index in [1.165, 1.54) is 6.26 Å². The van der Waals surface area contributed by atoms with Gasteiger partial charge >= 0.3 is 0 Å². The number of amides is 1. The van der Waals surface area contributed by atoms with Crippen LogP contribution in [0.5, 0.6) is 0 Å². The van der Waals surface area contributed by atoms with Gasteiger partial charge in [0.1, 0.15) is 5.82 Å². The minimum absolute atomic E-state index is 0.197. The van der Waals surface area contributed by atoms with Crippen LogP contribution in [0.1, 0.15) is 49.1 Å². The maximum absolute atomic E-state index is 12.2. The average Bonchev–Trinajstić information content (AvgIpc) is 3.20. The number of fused-ring (bicyclic) bond motifs is 1. The van der Waals surface area contributed by atoms with Crippen molar-refractivity contribution in [1.29, 1.82) is 0 Å². The van der Waals surface area contributed by atoms with Crippen LogP contribution in [-0.4, -0.2) is 15.5 Å². The van der Waals surface area contributed by atoms with Crippen molar-refractivity contribution in [1.82, 2.24) is 14.9 Å². The van der Waals surface area contributed by atoms with Gasteiger partial charge in [0.05, 0.1) is 23.3 Å². The second kappa shape index (κ2) is 6.69. The van der Waals surface area contributed by atoms with Crippen LogP contribution in [0.4, 0.5) is 0 Å². The Hall–Kier alpha value is -2.56. The Balaban J connectivity index is 1.89. The fourth-order valence-corrected chi connectivity index (χ4v) is 2.72. The minimum atomic E-state index is -0.225. The maximum atomic E-state index is 12.2. The van der Waals surface area contributed by atoms with Gasteiger partial charge in [-0.1, -0.05) is 25.5 Å². The predicted octanol–water partition coefficient (Wildman–Crippen LogP) is 3.92. The molecule has 2 aromatic heterocycles. The number of imidazole rings is 1. The van der Waals surface area contributed by atoms with Gasteiger partial charge in [-0.25, -0.2) is 4.98 Å². The van der Waals surface area contributed by atoms with E-state index in [9.17, 15) is 4.79 Å². The van der Waals surface area contributed by atoms with Crippen LogP contribution >= 0.6 is 0 Å². The first-order chi connectivity index (χ1) is 11.2. The molecule has 0 aliphatic carbocycles. The van der Waals surface area contributed by atoms with Crippen molar-refractivity contribution in [3.63, 3.8) is 0 Å². The van der Waals surface area contributed by atoms with E-state index < -0.39 is 0 Å². The monoisotopic (exact) mass is 311 g/mol. The second-order valence-electron chi connectivity index (χ2n) is 5.64. The Morgan fingerprint density at radius 2 is 2.13 bits per heavy atom. The molecule has 2 heterocycles. The topological polar surface area (TPSA) is 60.1 Å². The van der Waals surface area contributed by atoms with E-state index in [1.807, 2.05) is 25.1 Å². The molecule has 0 aliphatic heterocycles. The van der Waals surface area contributed by atoms with E-state index in [-0.39, 0.29) is 11.9 Å². The number of para-hydroxylation sites is 2. The predicted molar refractivity (Wildman–Crippen MR) is 89.2 cm³/mol. The molecule has 0 saturated carbocycles. The zero-order valence-electron chi connectivity index (χ0n) is 13.5. The molecule has 0 aliphatic rings. The summed E-state index contributed by atoms with van der Waals surface area (Å²) >= 11 is 0. The van der Waals surface area contributed by atoms with Crippen LogP contribution in [0.3, 0.4) is 0 Å². The van der Waals surface area contributed by atoms with Crippen LogP contribution in [-0.2, 0) is 6.54 Å². The molecule has 0 fully saturated rings. The molecular weight excluding hydrogens is 290 g/mol. The number of benzene rings is 1. The van der Waals surface area contributed by atoms with Gasteiger partial charge in [-0.15, -0.1) is 0 Å². The number of carbonyl (C=O) groups is 1. The first-order valence-corrected chi connectivity index (χ1v) is 8.00. The summed E-state index contributed by atoms with van der Waals surface area (Å²) in [6.07, 6.45) is 3.68. The highest BCUT2D eigenvalue weighted by Gasteiger charge is 2.19. The molecule has 3 aromatic rings. The lowest BCUT2D eigenvalue weighted by atomic mass is 10.2. The van der Waals surface area contributed by atoms with Gasteiger partial charge in [0, 0.05) is 6.54 Å². The molecule has 0 radical (unpaired) electrons. The number of aromatic nitrogens is 2. The molecule has 0 unspecified atom stereocenters. The third-order valence-corrected chi connectivity index (χ3v) is 3.90. The fourth-order valence-electron chi connectivity index (χ4n) is 2.72. The molecule has 5 heteroatoms. The number of nitrogens with one attached hydrogen (secondary N) is 1. The lowest BCUT2D eigenvalue weighted by Gasteiger charge is -2.15. The summed E-state index contributed by atoms with van der Waals surface area (Å²) in [7, 11) is 0. The number of hydrogen-bond donors (Lipinski definition) is 1. The third-order valence-electron chi connectivity index (χ3n) is 3.90. The van der Waals surface area contributed by atoms with Crippen molar-refractivity contribution >= 4 is 16.9 Å². The average molecular weight is 311 g/mol. The first kappa shape index (κ1) is 15.3. The highest BCUT2D eigenvalue weighted by Crippen LogP contribution is 2.22. The van der Waals surface area contributed by atoms with Crippen molar-refractivity contribution in [2.45, 2.75) is 39.3 Å². The number of furan rings is 1. The first-order valence-electron chi connectivity index (χ1n) is 8.00. The number of rotatable bonds is 6. The quantitative estimate of drug-likeness (QED) is 0.750. The molecule has 0 spiro atoms. The van der Waals surface area contributed by atoms with E-state index in [0.717, 1.165) is 36.2 Å². The van der Waals surface area contributed by atoms with Crippen molar-refractivity contribution in [2.75, 3.05) is 0 Å². The second-order valence-corrected chi connectivity index (χ2v) is 5.64. The summed E-state index contributed by atoms with van der Waals surface area (Å²) in [5, 5.41) is 2.96. The smallest absolute Gasteiger partial charge is 0.287 e. The molecule has 1 amide bonds. The number of unbranched alkanes of at least 4 members (excludes halogenated alkanes) is 1. The lowest BCUT2D eigenvalue weighted by molar-refractivity contribution is 0.0909. The van der Waals surface area contributed by atoms with Crippen LogP contribution in [0.2, 0.25) is 0 Å². The zero-order valence-corrected chi connectivity index (χ0v) is 13.5. The van der Waals surface area contributed by atoms with Crippen LogP contribution < -0.4 is 5.32 Å². The molecule has 5 nitrogen and oxygen atoms in total. The fraction of sp³-hybridized carbons (Fsp3) is 0.333. The van der Waals surface area contributed by atoms with Gasteiger partial charge in [-0.3, -0.25) is 4.79 Å². The standard InChI is InChI=1S/C18H21N3O2/c1-3-4-11-21-15-9-6-5-8-14(15)20-17(21)13(2)19-18(22)16-10-7-12-23-16/h5-10,12-13H,3-4,11H2,1-2H3,(H,19,22)/t13-/m0/s1.